The van der Waals surface area contributed by atoms with Gasteiger partial charge in [0.15, 0.2) is 0 Å². The number of carbonyl (C=O) groups is 2. The van der Waals surface area contributed by atoms with E-state index in [4.69, 9.17) is 10.5 Å². The average molecular weight is 489 g/mol. The van der Waals surface area contributed by atoms with Gasteiger partial charge in [0, 0.05) is 33.8 Å². The van der Waals surface area contributed by atoms with Crippen LogP contribution in [0, 0.1) is 29.6 Å². The van der Waals surface area contributed by atoms with E-state index in [0.717, 1.165) is 34.3 Å². The summed E-state index contributed by atoms with van der Waals surface area (Å²) in [5, 5.41) is 0. The monoisotopic (exact) mass is 488 g/mol. The van der Waals surface area contributed by atoms with Gasteiger partial charge in [-0.3, -0.25) is 14.5 Å². The highest BCUT2D eigenvalue weighted by Gasteiger charge is 2.68. The first-order valence-corrected chi connectivity index (χ1v) is 13.8. The molecule has 4 bridgehead atoms. The maximum atomic E-state index is 14.0. The minimum atomic E-state index is -0.341. The van der Waals surface area contributed by atoms with Crippen LogP contribution in [0.3, 0.4) is 0 Å². The Morgan fingerprint density at radius 3 is 2.31 bits per heavy atom. The Morgan fingerprint density at radius 2 is 1.71 bits per heavy atom. The number of benzene rings is 1. The first-order chi connectivity index (χ1) is 17.0. The summed E-state index contributed by atoms with van der Waals surface area (Å²) in [6.45, 7) is 2.68. The molecule has 8 rings (SSSR count). The number of nitrogens with zero attached hydrogens (tertiary/aromatic N) is 1. The van der Waals surface area contributed by atoms with Crippen LogP contribution < -0.4 is 10.5 Å². The standard InChI is InChI=1S/C29H32N2O3S/c1-15-22-14-23(18-3-5-21(34-2)6-4-18)35-26(22)29(19-10-16-9-17(12-19)13-20(29)11-16)25-24(15)27(32)31(8-7-30)28(25)33/h3-6,14,16-17,19-20,25H,7-13,30H2,1-2H3/t16?,17?,19?,20?,25-,29?/m1/s1. The number of thiophene rings is 1. The zero-order valence-electron chi connectivity index (χ0n) is 20.4. The van der Waals surface area contributed by atoms with Gasteiger partial charge in [-0.25, -0.2) is 0 Å². The molecule has 1 aromatic heterocycles. The number of amides is 2. The van der Waals surface area contributed by atoms with Crippen LogP contribution in [0.4, 0.5) is 0 Å². The summed E-state index contributed by atoms with van der Waals surface area (Å²) in [4.78, 5) is 31.8. The predicted octanol–water partition coefficient (Wildman–Crippen LogP) is 4.85. The van der Waals surface area contributed by atoms with Crippen molar-refractivity contribution in [2.75, 3.05) is 20.2 Å². The molecule has 1 aromatic carbocycles. The Morgan fingerprint density at radius 1 is 1.06 bits per heavy atom. The molecule has 182 valence electrons. The zero-order valence-corrected chi connectivity index (χ0v) is 21.2. The van der Waals surface area contributed by atoms with Gasteiger partial charge in [0.2, 0.25) is 5.91 Å². The summed E-state index contributed by atoms with van der Waals surface area (Å²) >= 11 is 1.87. The molecule has 2 N–H and O–H groups in total. The van der Waals surface area contributed by atoms with Crippen molar-refractivity contribution in [1.82, 2.24) is 4.90 Å². The van der Waals surface area contributed by atoms with Gasteiger partial charge >= 0.3 is 0 Å². The molecule has 6 heteroatoms. The van der Waals surface area contributed by atoms with E-state index >= 15 is 0 Å². The van der Waals surface area contributed by atoms with E-state index in [1.807, 2.05) is 23.5 Å². The number of ether oxygens (including phenoxy) is 1. The van der Waals surface area contributed by atoms with Crippen LogP contribution in [0.25, 0.3) is 16.0 Å². The second-order valence-electron chi connectivity index (χ2n) is 11.4. The number of carbonyl (C=O) groups excluding carboxylic acids is 2. The van der Waals surface area contributed by atoms with Crippen LogP contribution in [0.2, 0.25) is 0 Å². The number of methoxy groups -OCH3 is 1. The Bertz CT molecular complexity index is 1250. The van der Waals surface area contributed by atoms with Crippen molar-refractivity contribution in [2.24, 2.45) is 35.3 Å². The van der Waals surface area contributed by atoms with E-state index in [1.54, 1.807) is 7.11 Å². The fourth-order valence-corrected chi connectivity index (χ4v) is 10.4. The van der Waals surface area contributed by atoms with E-state index in [-0.39, 0.29) is 23.1 Å². The first-order valence-electron chi connectivity index (χ1n) is 13.0. The van der Waals surface area contributed by atoms with Crippen molar-refractivity contribution in [3.63, 3.8) is 0 Å². The molecule has 5 aliphatic carbocycles. The van der Waals surface area contributed by atoms with Crippen LogP contribution in [0.5, 0.6) is 5.75 Å². The van der Waals surface area contributed by atoms with Gasteiger partial charge in [0.25, 0.3) is 5.91 Å². The van der Waals surface area contributed by atoms with Crippen molar-refractivity contribution in [2.45, 2.75) is 44.4 Å². The van der Waals surface area contributed by atoms with Gasteiger partial charge in [-0.1, -0.05) is 0 Å². The molecule has 35 heavy (non-hydrogen) atoms. The highest BCUT2D eigenvalue weighted by atomic mass is 32.1. The van der Waals surface area contributed by atoms with Crippen LogP contribution in [0.15, 0.2) is 35.9 Å². The van der Waals surface area contributed by atoms with Crippen LogP contribution >= 0.6 is 11.3 Å². The van der Waals surface area contributed by atoms with E-state index in [0.29, 0.717) is 24.9 Å². The average Bonchev–Trinajstić information content (AvgIpc) is 3.41. The molecule has 0 unspecified atom stereocenters. The number of imide groups is 1. The van der Waals surface area contributed by atoms with Crippen molar-refractivity contribution in [3.8, 4) is 16.2 Å². The summed E-state index contributed by atoms with van der Waals surface area (Å²) in [5.41, 5.74) is 9.73. The third-order valence-electron chi connectivity index (χ3n) is 9.90. The summed E-state index contributed by atoms with van der Waals surface area (Å²) in [7, 11) is 1.69. The molecular formula is C29H32N2O3S. The van der Waals surface area contributed by atoms with Gasteiger partial charge in [-0.15, -0.1) is 11.3 Å². The molecule has 4 saturated carbocycles. The molecule has 1 aliphatic heterocycles. The van der Waals surface area contributed by atoms with Crippen molar-refractivity contribution >= 4 is 28.7 Å². The molecule has 2 aromatic rings. The Labute approximate surface area is 210 Å². The van der Waals surface area contributed by atoms with Crippen LogP contribution in [0.1, 0.15) is 49.5 Å². The summed E-state index contributed by atoms with van der Waals surface area (Å²) in [5.74, 6) is 2.94. The normalized spacial score (nSPS) is 34.7. The topological polar surface area (TPSA) is 72.6 Å². The number of hydrogen-bond acceptors (Lipinski definition) is 5. The third kappa shape index (κ3) is 2.73. The molecular weight excluding hydrogens is 456 g/mol. The second kappa shape index (κ2) is 7.53. The molecule has 6 aliphatic rings. The van der Waals surface area contributed by atoms with Gasteiger partial charge in [-0.2, -0.15) is 0 Å². The molecule has 2 amide bonds. The number of hydrogen-bond donors (Lipinski definition) is 1. The fourth-order valence-electron chi connectivity index (χ4n) is 8.78. The highest BCUT2D eigenvalue weighted by Crippen LogP contribution is 2.70. The Hall–Kier alpha value is -2.44. The van der Waals surface area contributed by atoms with Crippen LogP contribution in [-0.4, -0.2) is 36.9 Å². The molecule has 5 nitrogen and oxygen atoms in total. The Balaban J connectivity index is 1.46. The van der Waals surface area contributed by atoms with Gasteiger partial charge in [0.05, 0.1) is 13.0 Å². The fraction of sp³-hybridized carbons (Fsp3) is 0.517. The van der Waals surface area contributed by atoms with E-state index in [9.17, 15) is 9.59 Å². The van der Waals surface area contributed by atoms with Gasteiger partial charge in [-0.05, 0) is 110 Å². The molecule has 5 fully saturated rings. The van der Waals surface area contributed by atoms with E-state index in [2.05, 4.69) is 25.1 Å². The second-order valence-corrected chi connectivity index (χ2v) is 12.4. The maximum absolute atomic E-state index is 14.0. The van der Waals surface area contributed by atoms with E-state index < -0.39 is 0 Å². The lowest BCUT2D eigenvalue weighted by molar-refractivity contribution is -0.144. The highest BCUT2D eigenvalue weighted by molar-refractivity contribution is 7.16. The zero-order chi connectivity index (χ0) is 24.1. The largest absolute Gasteiger partial charge is 0.497 e. The van der Waals surface area contributed by atoms with Crippen molar-refractivity contribution < 1.29 is 14.3 Å². The molecule has 1 spiro atoms. The number of fused-ring (bicyclic) bond motifs is 2. The SMILES string of the molecule is COc1ccc(-c2cc3c(s2)C2(C4CC5CC(C4)CC2C5)[C@H]2C(=O)N(CCN)C(=O)C2=C3C)cc1. The number of rotatable bonds is 4. The summed E-state index contributed by atoms with van der Waals surface area (Å²) in [6, 6.07) is 10.5. The van der Waals surface area contributed by atoms with Crippen molar-refractivity contribution in [1.29, 1.82) is 0 Å². The molecule has 0 radical (unpaired) electrons. The molecule has 1 atom stereocenters. The molecule has 2 heterocycles. The summed E-state index contributed by atoms with van der Waals surface area (Å²) < 4.78 is 5.37. The third-order valence-corrected chi connectivity index (χ3v) is 11.3. The summed E-state index contributed by atoms with van der Waals surface area (Å²) in [6.07, 6.45) is 6.15. The lowest BCUT2D eigenvalue weighted by atomic mass is 9.40. The number of likely N-dealkylation sites (tertiary alicyclic amines) is 1. The first kappa shape index (κ1) is 21.8. The van der Waals surface area contributed by atoms with Gasteiger partial charge in [0.1, 0.15) is 5.75 Å². The minimum absolute atomic E-state index is 0.00678. The van der Waals surface area contributed by atoms with Gasteiger partial charge < -0.3 is 10.5 Å². The lowest BCUT2D eigenvalue weighted by Crippen LogP contribution is -2.61. The molecule has 1 saturated heterocycles. The minimum Gasteiger partial charge on any atom is -0.497 e. The Kier molecular flexibility index (Phi) is 4.69. The van der Waals surface area contributed by atoms with E-state index in [1.165, 1.54) is 52.3 Å². The number of nitrogens with two attached hydrogens (primary N) is 1. The number of allylic oxidation sites excluding steroid dienone is 1. The quantitative estimate of drug-likeness (QED) is 0.625. The van der Waals surface area contributed by atoms with Crippen LogP contribution in [-0.2, 0) is 15.0 Å². The van der Waals surface area contributed by atoms with Crippen molar-refractivity contribution in [3.05, 3.63) is 46.3 Å². The lowest BCUT2D eigenvalue weighted by Gasteiger charge is -2.63. The maximum Gasteiger partial charge on any atom is 0.257 e. The predicted molar refractivity (Wildman–Crippen MR) is 137 cm³/mol. The smallest absolute Gasteiger partial charge is 0.257 e.